The van der Waals surface area contributed by atoms with Gasteiger partial charge in [0.25, 0.3) is 0 Å². The van der Waals surface area contributed by atoms with Crippen LogP contribution in [0.1, 0.15) is 66.2 Å². The Labute approximate surface area is 223 Å². The number of hydrogen-bond donors (Lipinski definition) is 0. The molecule has 0 N–H and O–H groups in total. The molecule has 0 aliphatic rings. The van der Waals surface area contributed by atoms with Crippen LogP contribution in [-0.4, -0.2) is 66.6 Å². The molecule has 0 amide bonds. The van der Waals surface area contributed by atoms with Crippen molar-refractivity contribution in [3.8, 4) is 0 Å². The molecular weight excluding hydrogens is 619 g/mol. The predicted molar refractivity (Wildman–Crippen MR) is 109 cm³/mol. The quantitative estimate of drug-likeness (QED) is 0.0838. The van der Waals surface area contributed by atoms with E-state index in [-0.39, 0.29) is 13.2 Å². The van der Waals surface area contributed by atoms with Gasteiger partial charge in [0.2, 0.25) is 0 Å². The van der Waals surface area contributed by atoms with Crippen molar-refractivity contribution in [2.24, 2.45) is 5.92 Å². The van der Waals surface area contributed by atoms with E-state index < -0.39 is 72.2 Å². The number of hydrogen-bond acceptors (Lipinski definition) is 2. The van der Waals surface area contributed by atoms with Crippen LogP contribution in [-0.2, 0) is 9.47 Å². The Bertz CT molecular complexity index is 813. The number of unbranched alkanes of at least 4 members (excludes halogenated alkanes) is 2. The lowest BCUT2D eigenvalue weighted by molar-refractivity contribution is -0.462. The van der Waals surface area contributed by atoms with Crippen LogP contribution in [0.15, 0.2) is 0 Å². The summed E-state index contributed by atoms with van der Waals surface area (Å²) >= 11 is 0. The lowest BCUT2D eigenvalue weighted by Crippen LogP contribution is -2.74. The first-order valence-corrected chi connectivity index (χ1v) is 12.0. The van der Waals surface area contributed by atoms with Gasteiger partial charge in [-0.1, -0.05) is 33.6 Å². The third kappa shape index (κ3) is 7.11. The fraction of sp³-hybridized carbons (Fsp3) is 1.00. The van der Waals surface area contributed by atoms with Crippen molar-refractivity contribution in [1.82, 2.24) is 0 Å². The second-order valence-corrected chi connectivity index (χ2v) is 9.51. The Balaban J connectivity index is 6.32. The molecule has 0 saturated heterocycles. The van der Waals surface area contributed by atoms with Crippen molar-refractivity contribution >= 4 is 0 Å². The van der Waals surface area contributed by atoms with Crippen LogP contribution >= 0.6 is 0 Å². The summed E-state index contributed by atoms with van der Waals surface area (Å²) in [5.41, 5.74) is 0. The van der Waals surface area contributed by atoms with Crippen LogP contribution in [0.5, 0.6) is 0 Å². The molecule has 0 aliphatic heterocycles. The van der Waals surface area contributed by atoms with Gasteiger partial charge in [-0.3, -0.25) is 0 Å². The maximum absolute atomic E-state index is 14.3. The van der Waals surface area contributed by atoms with Crippen molar-refractivity contribution in [2.45, 2.75) is 120 Å². The number of alkyl halides is 17. The molecule has 0 aliphatic carbocycles. The minimum Gasteiger partial charge on any atom is -0.350 e. The second kappa shape index (κ2) is 12.8. The van der Waals surface area contributed by atoms with E-state index in [1.165, 1.54) is 0 Å². The molecular formula is C22H29F17O2. The van der Waals surface area contributed by atoms with E-state index in [2.05, 4.69) is 0 Å². The molecule has 0 aromatic heterocycles. The molecule has 0 fully saturated rings. The van der Waals surface area contributed by atoms with Crippen LogP contribution < -0.4 is 0 Å². The van der Waals surface area contributed by atoms with Crippen LogP contribution in [0.2, 0.25) is 0 Å². The van der Waals surface area contributed by atoms with Gasteiger partial charge in [-0.15, -0.1) is 0 Å². The first kappa shape index (κ1) is 39.7. The molecule has 0 saturated carbocycles. The third-order valence-corrected chi connectivity index (χ3v) is 6.35. The smallest absolute Gasteiger partial charge is 0.350 e. The zero-order valence-corrected chi connectivity index (χ0v) is 22.0. The molecule has 0 aromatic carbocycles. The number of halogens is 17. The van der Waals surface area contributed by atoms with Gasteiger partial charge in [0.15, 0.2) is 5.79 Å². The Kier molecular flexibility index (Phi) is 12.4. The molecule has 0 radical (unpaired) electrons. The number of ether oxygens (including phenoxy) is 2. The molecule has 1 unspecified atom stereocenters. The molecule has 0 rings (SSSR count). The van der Waals surface area contributed by atoms with Crippen LogP contribution in [0.25, 0.3) is 0 Å². The molecule has 0 heterocycles. The van der Waals surface area contributed by atoms with Crippen molar-refractivity contribution in [1.29, 1.82) is 0 Å². The van der Waals surface area contributed by atoms with Gasteiger partial charge >= 0.3 is 47.6 Å². The van der Waals surface area contributed by atoms with Crippen LogP contribution in [0, 0.1) is 5.92 Å². The van der Waals surface area contributed by atoms with Crippen molar-refractivity contribution < 1.29 is 84.1 Å². The standard InChI is InChI=1S/C22H29F17O2/c1-5-7-11-40-14(4,41-12-8-6-2)13(3)9-10-15(23,24)16(25,26)17(27,28)18(29,30)19(31,32)20(33,34)21(35,36)22(37,38)39/h13H,5-12H2,1-4H3. The van der Waals surface area contributed by atoms with E-state index >= 15 is 0 Å². The minimum atomic E-state index is -8.63. The summed E-state index contributed by atoms with van der Waals surface area (Å²) in [6, 6.07) is 0. The third-order valence-electron chi connectivity index (χ3n) is 6.35. The van der Waals surface area contributed by atoms with Gasteiger partial charge < -0.3 is 9.47 Å². The van der Waals surface area contributed by atoms with Crippen molar-refractivity contribution in [2.75, 3.05) is 13.2 Å². The van der Waals surface area contributed by atoms with Crippen molar-refractivity contribution in [3.05, 3.63) is 0 Å². The van der Waals surface area contributed by atoms with Gasteiger partial charge in [-0.05, 0) is 26.2 Å². The SMILES string of the molecule is CCCCOC(C)(OCCCC)C(C)CCC(F)(F)C(F)(F)C(F)(F)C(F)(F)C(F)(F)C(F)(F)C(F)(F)C(F)(F)F. The fourth-order valence-electron chi connectivity index (χ4n) is 3.18. The molecule has 248 valence electrons. The molecule has 19 heteroatoms. The van der Waals surface area contributed by atoms with Gasteiger partial charge in [0, 0.05) is 12.3 Å². The maximum atomic E-state index is 14.3. The normalized spacial score (nSPS) is 16.3. The average Bonchev–Trinajstić information content (AvgIpc) is 2.81. The summed E-state index contributed by atoms with van der Waals surface area (Å²) in [6.07, 6.45) is -9.77. The molecule has 0 spiro atoms. The molecule has 1 atom stereocenters. The summed E-state index contributed by atoms with van der Waals surface area (Å²) < 4.78 is 239. The largest absolute Gasteiger partial charge is 0.460 e. The Morgan fingerprint density at radius 2 is 0.829 bits per heavy atom. The highest BCUT2D eigenvalue weighted by atomic mass is 19.4. The molecule has 0 aromatic rings. The lowest BCUT2D eigenvalue weighted by Gasteiger charge is -2.43. The Hall–Kier alpha value is -1.27. The average molecular weight is 648 g/mol. The van der Waals surface area contributed by atoms with Gasteiger partial charge in [-0.25, -0.2) is 0 Å². The van der Waals surface area contributed by atoms with Gasteiger partial charge in [-0.2, -0.15) is 74.6 Å². The van der Waals surface area contributed by atoms with Crippen LogP contribution in [0.4, 0.5) is 74.6 Å². The summed E-state index contributed by atoms with van der Waals surface area (Å²) in [6.45, 7) is 5.44. The fourth-order valence-corrected chi connectivity index (χ4v) is 3.18. The zero-order chi connectivity index (χ0) is 33.1. The van der Waals surface area contributed by atoms with Crippen LogP contribution in [0.3, 0.4) is 0 Å². The lowest BCUT2D eigenvalue weighted by atomic mass is 9.86. The predicted octanol–water partition coefficient (Wildman–Crippen LogP) is 9.76. The van der Waals surface area contributed by atoms with E-state index in [0.717, 1.165) is 13.8 Å². The zero-order valence-electron chi connectivity index (χ0n) is 22.0. The Morgan fingerprint density at radius 1 is 0.512 bits per heavy atom. The van der Waals surface area contributed by atoms with E-state index in [9.17, 15) is 74.6 Å². The Morgan fingerprint density at radius 3 is 1.15 bits per heavy atom. The highest BCUT2D eigenvalue weighted by Gasteiger charge is 2.95. The highest BCUT2D eigenvalue weighted by molar-refractivity contribution is 5.15. The highest BCUT2D eigenvalue weighted by Crippen LogP contribution is 2.64. The van der Waals surface area contributed by atoms with E-state index in [1.807, 2.05) is 0 Å². The van der Waals surface area contributed by atoms with Gasteiger partial charge in [0.1, 0.15) is 0 Å². The summed E-state index contributed by atoms with van der Waals surface area (Å²) in [5.74, 6) is -59.6. The first-order chi connectivity index (χ1) is 18.0. The monoisotopic (exact) mass is 648 g/mol. The van der Waals surface area contributed by atoms with E-state index in [4.69, 9.17) is 9.47 Å². The van der Waals surface area contributed by atoms with E-state index in [0.29, 0.717) is 25.7 Å². The summed E-state index contributed by atoms with van der Waals surface area (Å²) in [4.78, 5) is 0. The van der Waals surface area contributed by atoms with Crippen molar-refractivity contribution in [3.63, 3.8) is 0 Å². The molecule has 0 bridgehead atoms. The molecule has 41 heavy (non-hydrogen) atoms. The summed E-state index contributed by atoms with van der Waals surface area (Å²) in [5, 5.41) is 0. The minimum absolute atomic E-state index is 0.0772. The summed E-state index contributed by atoms with van der Waals surface area (Å²) in [7, 11) is 0. The second-order valence-electron chi connectivity index (χ2n) is 9.51. The van der Waals surface area contributed by atoms with E-state index in [1.54, 1.807) is 13.8 Å². The molecule has 2 nitrogen and oxygen atoms in total. The topological polar surface area (TPSA) is 18.5 Å². The van der Waals surface area contributed by atoms with Gasteiger partial charge in [0.05, 0.1) is 13.2 Å². The first-order valence-electron chi connectivity index (χ1n) is 12.0. The number of rotatable bonds is 18. The maximum Gasteiger partial charge on any atom is 0.460 e.